The third-order valence-electron chi connectivity index (χ3n) is 4.32. The van der Waals surface area contributed by atoms with Gasteiger partial charge >= 0.3 is 6.03 Å². The van der Waals surface area contributed by atoms with E-state index >= 15 is 0 Å². The smallest absolute Gasteiger partial charge is 0.308 e. The SMILES string of the molecule is CCc1ccc([N+](=O)[O-])cc1NC(=O)Nc1ccc2c(C)n(C)nc2c1. The van der Waals surface area contributed by atoms with Gasteiger partial charge in [-0.1, -0.05) is 13.0 Å². The molecule has 0 fully saturated rings. The molecule has 134 valence electrons. The van der Waals surface area contributed by atoms with E-state index in [0.717, 1.165) is 22.2 Å². The number of hydrogen-bond acceptors (Lipinski definition) is 4. The number of carbonyl (C=O) groups excluding carboxylic acids is 1. The zero-order valence-corrected chi connectivity index (χ0v) is 14.7. The minimum atomic E-state index is -0.486. The van der Waals surface area contributed by atoms with Crippen molar-refractivity contribution in [2.45, 2.75) is 20.3 Å². The average molecular weight is 353 g/mol. The van der Waals surface area contributed by atoms with Crippen LogP contribution >= 0.6 is 0 Å². The molecule has 1 aromatic heterocycles. The van der Waals surface area contributed by atoms with Crippen molar-refractivity contribution in [1.29, 1.82) is 0 Å². The molecule has 0 aliphatic carbocycles. The first-order valence-electron chi connectivity index (χ1n) is 8.17. The molecule has 0 saturated heterocycles. The maximum absolute atomic E-state index is 12.3. The molecular weight excluding hydrogens is 334 g/mol. The molecule has 0 bridgehead atoms. The van der Waals surface area contributed by atoms with E-state index < -0.39 is 11.0 Å². The number of aryl methyl sites for hydroxylation is 3. The number of amides is 2. The minimum absolute atomic E-state index is 0.0668. The first-order chi connectivity index (χ1) is 12.4. The second kappa shape index (κ2) is 6.83. The number of nitro groups is 1. The molecule has 2 N–H and O–H groups in total. The molecule has 0 saturated carbocycles. The van der Waals surface area contributed by atoms with Gasteiger partial charge in [0.1, 0.15) is 0 Å². The monoisotopic (exact) mass is 353 g/mol. The number of rotatable bonds is 4. The maximum atomic E-state index is 12.3. The van der Waals surface area contributed by atoms with Crippen molar-refractivity contribution in [2.75, 3.05) is 10.6 Å². The summed E-state index contributed by atoms with van der Waals surface area (Å²) in [6.45, 7) is 3.89. The van der Waals surface area contributed by atoms with Gasteiger partial charge in [-0.05, 0) is 37.1 Å². The van der Waals surface area contributed by atoms with Crippen LogP contribution in [0.4, 0.5) is 21.9 Å². The Kier molecular flexibility index (Phi) is 4.57. The summed E-state index contributed by atoms with van der Waals surface area (Å²) in [6.07, 6.45) is 0.646. The highest BCUT2D eigenvalue weighted by molar-refractivity contribution is 6.01. The first-order valence-corrected chi connectivity index (χ1v) is 8.17. The molecule has 1 heterocycles. The molecule has 8 heteroatoms. The third kappa shape index (κ3) is 3.34. The zero-order valence-electron chi connectivity index (χ0n) is 14.7. The molecule has 0 unspecified atom stereocenters. The highest BCUT2D eigenvalue weighted by Gasteiger charge is 2.13. The Bertz CT molecular complexity index is 1010. The van der Waals surface area contributed by atoms with E-state index in [2.05, 4.69) is 15.7 Å². The number of fused-ring (bicyclic) bond motifs is 1. The van der Waals surface area contributed by atoms with E-state index in [4.69, 9.17) is 0 Å². The van der Waals surface area contributed by atoms with Crippen molar-refractivity contribution in [3.63, 3.8) is 0 Å². The van der Waals surface area contributed by atoms with Gasteiger partial charge in [0.15, 0.2) is 0 Å². The summed E-state index contributed by atoms with van der Waals surface area (Å²) in [6, 6.07) is 9.46. The van der Waals surface area contributed by atoms with Gasteiger partial charge in [-0.3, -0.25) is 14.8 Å². The first kappa shape index (κ1) is 17.4. The minimum Gasteiger partial charge on any atom is -0.308 e. The Balaban J connectivity index is 1.80. The number of nitrogens with zero attached hydrogens (tertiary/aromatic N) is 3. The molecule has 3 rings (SSSR count). The summed E-state index contributed by atoms with van der Waals surface area (Å²) in [5.41, 5.74) is 3.60. The number of anilines is 2. The van der Waals surface area contributed by atoms with Gasteiger partial charge in [-0.25, -0.2) is 4.79 Å². The van der Waals surface area contributed by atoms with Crippen molar-refractivity contribution < 1.29 is 9.72 Å². The molecule has 0 atom stereocenters. The van der Waals surface area contributed by atoms with Crippen LogP contribution in [0.2, 0.25) is 0 Å². The molecule has 2 aromatic carbocycles. The Labute approximate surface area is 150 Å². The molecule has 26 heavy (non-hydrogen) atoms. The number of hydrogen-bond donors (Lipinski definition) is 2. The lowest BCUT2D eigenvalue weighted by molar-refractivity contribution is -0.384. The zero-order chi connectivity index (χ0) is 18.8. The lowest BCUT2D eigenvalue weighted by Crippen LogP contribution is -2.20. The topological polar surface area (TPSA) is 102 Å². The summed E-state index contributed by atoms with van der Waals surface area (Å²) in [5, 5.41) is 21.8. The highest BCUT2D eigenvalue weighted by Crippen LogP contribution is 2.24. The van der Waals surface area contributed by atoms with Crippen LogP contribution in [-0.2, 0) is 13.5 Å². The van der Waals surface area contributed by atoms with Crippen LogP contribution in [0.15, 0.2) is 36.4 Å². The molecule has 2 amide bonds. The Morgan fingerprint density at radius 2 is 2.00 bits per heavy atom. The standard InChI is InChI=1S/C18H19N5O3/c1-4-12-5-7-14(23(25)26)10-16(12)20-18(24)19-13-6-8-15-11(2)22(3)21-17(15)9-13/h5-10H,4H2,1-3H3,(H2,19,20,24). The van der Waals surface area contributed by atoms with Crippen molar-refractivity contribution in [1.82, 2.24) is 9.78 Å². The van der Waals surface area contributed by atoms with Gasteiger partial charge in [-0.15, -0.1) is 0 Å². The van der Waals surface area contributed by atoms with E-state index in [9.17, 15) is 14.9 Å². The molecule has 3 aromatic rings. The lowest BCUT2D eigenvalue weighted by Gasteiger charge is -2.11. The molecular formula is C18H19N5O3. The summed E-state index contributed by atoms with van der Waals surface area (Å²) in [7, 11) is 1.86. The Morgan fingerprint density at radius 3 is 2.69 bits per heavy atom. The second-order valence-electron chi connectivity index (χ2n) is 5.97. The number of nitro benzene ring substituents is 1. The van der Waals surface area contributed by atoms with E-state index in [1.807, 2.05) is 27.0 Å². The van der Waals surface area contributed by atoms with E-state index in [1.165, 1.54) is 12.1 Å². The maximum Gasteiger partial charge on any atom is 0.323 e. The van der Waals surface area contributed by atoms with E-state index in [0.29, 0.717) is 17.8 Å². The highest BCUT2D eigenvalue weighted by atomic mass is 16.6. The molecule has 0 aliphatic heterocycles. The van der Waals surface area contributed by atoms with Crippen LogP contribution in [0, 0.1) is 17.0 Å². The summed E-state index contributed by atoms with van der Waals surface area (Å²) in [4.78, 5) is 22.8. The largest absolute Gasteiger partial charge is 0.323 e. The van der Waals surface area contributed by atoms with E-state index in [-0.39, 0.29) is 5.69 Å². The van der Waals surface area contributed by atoms with Crippen LogP contribution in [0.1, 0.15) is 18.2 Å². The fourth-order valence-corrected chi connectivity index (χ4v) is 2.80. The lowest BCUT2D eigenvalue weighted by atomic mass is 10.1. The normalized spacial score (nSPS) is 10.7. The number of aromatic nitrogens is 2. The quantitative estimate of drug-likeness (QED) is 0.547. The van der Waals surface area contributed by atoms with Crippen LogP contribution in [-0.4, -0.2) is 20.7 Å². The van der Waals surface area contributed by atoms with Gasteiger partial charge < -0.3 is 10.6 Å². The van der Waals surface area contributed by atoms with Crippen LogP contribution < -0.4 is 10.6 Å². The van der Waals surface area contributed by atoms with Crippen LogP contribution in [0.25, 0.3) is 10.9 Å². The molecule has 8 nitrogen and oxygen atoms in total. The van der Waals surface area contributed by atoms with Crippen LogP contribution in [0.5, 0.6) is 0 Å². The van der Waals surface area contributed by atoms with Crippen molar-refractivity contribution in [3.8, 4) is 0 Å². The fraction of sp³-hybridized carbons (Fsp3) is 0.222. The van der Waals surface area contributed by atoms with Crippen molar-refractivity contribution >= 4 is 34.0 Å². The summed E-state index contributed by atoms with van der Waals surface area (Å²) in [5.74, 6) is 0. The van der Waals surface area contributed by atoms with Gasteiger partial charge in [0, 0.05) is 35.9 Å². The van der Waals surface area contributed by atoms with E-state index in [1.54, 1.807) is 22.9 Å². The Hall–Kier alpha value is -3.42. The number of urea groups is 1. The number of carbonyl (C=O) groups is 1. The molecule has 0 spiro atoms. The van der Waals surface area contributed by atoms with Crippen LogP contribution in [0.3, 0.4) is 0 Å². The summed E-state index contributed by atoms with van der Waals surface area (Å²) >= 11 is 0. The second-order valence-corrected chi connectivity index (χ2v) is 5.97. The van der Waals surface area contributed by atoms with Gasteiger partial charge in [0.25, 0.3) is 5.69 Å². The molecule has 0 radical (unpaired) electrons. The summed E-state index contributed by atoms with van der Waals surface area (Å²) < 4.78 is 1.78. The number of benzene rings is 2. The van der Waals surface area contributed by atoms with Gasteiger partial charge in [0.2, 0.25) is 0 Å². The van der Waals surface area contributed by atoms with Gasteiger partial charge in [0.05, 0.1) is 16.1 Å². The number of nitrogens with one attached hydrogen (secondary N) is 2. The van der Waals surface area contributed by atoms with Gasteiger partial charge in [-0.2, -0.15) is 5.10 Å². The average Bonchev–Trinajstić information content (AvgIpc) is 2.88. The van der Waals surface area contributed by atoms with Crippen molar-refractivity contribution in [2.24, 2.45) is 7.05 Å². The Morgan fingerprint density at radius 1 is 1.23 bits per heavy atom. The third-order valence-corrected chi connectivity index (χ3v) is 4.32. The predicted octanol–water partition coefficient (Wildman–Crippen LogP) is 4.00. The fourth-order valence-electron chi connectivity index (χ4n) is 2.80. The molecule has 0 aliphatic rings. The predicted molar refractivity (Wildman–Crippen MR) is 101 cm³/mol. The van der Waals surface area contributed by atoms with Crippen molar-refractivity contribution in [3.05, 3.63) is 57.8 Å². The number of non-ortho nitro benzene ring substituents is 1.